The molecule has 0 N–H and O–H groups in total. The number of pyridine rings is 1. The van der Waals surface area contributed by atoms with Crippen LogP contribution in [-0.4, -0.2) is 81.2 Å². The van der Waals surface area contributed by atoms with Crippen molar-refractivity contribution in [2.45, 2.75) is 25.7 Å². The van der Waals surface area contributed by atoms with Gasteiger partial charge in [-0.2, -0.15) is 0 Å². The molecule has 3 rings (SSSR count). The van der Waals surface area contributed by atoms with Crippen LogP contribution in [0.5, 0.6) is 0 Å². The summed E-state index contributed by atoms with van der Waals surface area (Å²) in [5.41, 5.74) is 3.13. The zero-order valence-electron chi connectivity index (χ0n) is 15.8. The zero-order valence-corrected chi connectivity index (χ0v) is 15.8. The van der Waals surface area contributed by atoms with Gasteiger partial charge in [0, 0.05) is 66.0 Å². The fraction of sp³-hybridized carbons (Fsp3) is 0.684. The Kier molecular flexibility index (Phi) is 5.91. The first-order chi connectivity index (χ1) is 12.1. The van der Waals surface area contributed by atoms with Crippen LogP contribution >= 0.6 is 0 Å². The van der Waals surface area contributed by atoms with Gasteiger partial charge in [0.2, 0.25) is 0 Å². The first-order valence-corrected chi connectivity index (χ1v) is 9.31. The average Bonchev–Trinajstić information content (AvgIpc) is 3.07. The molecule has 0 saturated carbocycles. The minimum Gasteiger partial charge on any atom is -0.383 e. The van der Waals surface area contributed by atoms with Crippen molar-refractivity contribution >= 4 is 11.7 Å². The van der Waals surface area contributed by atoms with Crippen molar-refractivity contribution < 1.29 is 9.53 Å². The largest absolute Gasteiger partial charge is 0.383 e. The zero-order chi connectivity index (χ0) is 17.8. The van der Waals surface area contributed by atoms with Crippen molar-refractivity contribution in [3.05, 3.63) is 22.9 Å². The number of methoxy groups -OCH3 is 1. The lowest BCUT2D eigenvalue weighted by Crippen LogP contribution is -2.30. The number of nitrogens with zero attached hydrogens (tertiary/aromatic N) is 4. The third-order valence-electron chi connectivity index (χ3n) is 5.19. The molecular formula is C19H30N4O2. The number of hydrogen-bond donors (Lipinski definition) is 0. The first kappa shape index (κ1) is 18.1. The van der Waals surface area contributed by atoms with Crippen LogP contribution in [0.4, 0.5) is 5.82 Å². The second-order valence-corrected chi connectivity index (χ2v) is 7.19. The van der Waals surface area contributed by atoms with Gasteiger partial charge in [-0.3, -0.25) is 4.79 Å². The molecule has 2 aliphatic heterocycles. The molecule has 1 fully saturated rings. The van der Waals surface area contributed by atoms with E-state index in [9.17, 15) is 4.79 Å². The second-order valence-electron chi connectivity index (χ2n) is 7.19. The van der Waals surface area contributed by atoms with E-state index in [0.717, 1.165) is 82.1 Å². The van der Waals surface area contributed by atoms with Crippen molar-refractivity contribution in [2.75, 3.05) is 65.4 Å². The Morgan fingerprint density at radius 1 is 1.20 bits per heavy atom. The predicted molar refractivity (Wildman–Crippen MR) is 99.4 cm³/mol. The molecule has 3 heterocycles. The lowest BCUT2D eigenvalue weighted by Gasteiger charge is -2.22. The van der Waals surface area contributed by atoms with Gasteiger partial charge in [0.15, 0.2) is 0 Å². The Balaban J connectivity index is 1.85. The van der Waals surface area contributed by atoms with Gasteiger partial charge in [0.05, 0.1) is 12.2 Å². The smallest absolute Gasteiger partial charge is 0.257 e. The molecule has 2 aliphatic rings. The van der Waals surface area contributed by atoms with E-state index in [1.807, 2.05) is 23.9 Å². The molecule has 25 heavy (non-hydrogen) atoms. The van der Waals surface area contributed by atoms with Crippen LogP contribution in [0.3, 0.4) is 0 Å². The highest BCUT2D eigenvalue weighted by Gasteiger charge is 2.26. The van der Waals surface area contributed by atoms with Crippen molar-refractivity contribution in [3.8, 4) is 0 Å². The minimum atomic E-state index is 0.136. The highest BCUT2D eigenvalue weighted by molar-refractivity contribution is 5.99. The van der Waals surface area contributed by atoms with Gasteiger partial charge in [-0.05, 0) is 30.9 Å². The summed E-state index contributed by atoms with van der Waals surface area (Å²) in [7, 11) is 5.68. The summed E-state index contributed by atoms with van der Waals surface area (Å²) in [4.78, 5) is 24.2. The van der Waals surface area contributed by atoms with E-state index in [-0.39, 0.29) is 5.91 Å². The van der Waals surface area contributed by atoms with Crippen LogP contribution in [0.2, 0.25) is 0 Å². The quantitative estimate of drug-likeness (QED) is 0.807. The molecular weight excluding hydrogens is 316 g/mol. The molecule has 0 atom stereocenters. The maximum atomic E-state index is 13.0. The van der Waals surface area contributed by atoms with E-state index in [2.05, 4.69) is 11.0 Å². The van der Waals surface area contributed by atoms with Crippen LogP contribution < -0.4 is 4.90 Å². The summed E-state index contributed by atoms with van der Waals surface area (Å²) >= 11 is 0. The lowest BCUT2D eigenvalue weighted by molar-refractivity contribution is 0.0793. The Labute approximate surface area is 150 Å². The Morgan fingerprint density at radius 3 is 2.60 bits per heavy atom. The molecule has 0 radical (unpaired) electrons. The molecule has 6 heteroatoms. The molecule has 0 aliphatic carbocycles. The number of carbonyl (C=O) groups is 1. The highest BCUT2D eigenvalue weighted by atomic mass is 16.5. The van der Waals surface area contributed by atoms with Gasteiger partial charge in [0.1, 0.15) is 5.82 Å². The molecule has 0 unspecified atom stereocenters. The van der Waals surface area contributed by atoms with Crippen molar-refractivity contribution in [3.63, 3.8) is 0 Å². The fourth-order valence-electron chi connectivity index (χ4n) is 3.70. The number of rotatable bonds is 5. The minimum absolute atomic E-state index is 0.136. The average molecular weight is 346 g/mol. The molecule has 0 spiro atoms. The third kappa shape index (κ3) is 4.12. The Bertz CT molecular complexity index is 612. The summed E-state index contributed by atoms with van der Waals surface area (Å²) in [6.07, 6.45) is 4.09. The van der Waals surface area contributed by atoms with Gasteiger partial charge in [-0.25, -0.2) is 4.98 Å². The number of amides is 1. The number of aromatic nitrogens is 1. The number of likely N-dealkylation sites (tertiary alicyclic amines) is 1. The van der Waals surface area contributed by atoms with E-state index in [4.69, 9.17) is 9.72 Å². The molecule has 138 valence electrons. The van der Waals surface area contributed by atoms with Crippen molar-refractivity contribution in [1.29, 1.82) is 0 Å². The monoisotopic (exact) mass is 346 g/mol. The first-order valence-electron chi connectivity index (χ1n) is 9.31. The standard InChI is InChI=1S/C19H30N4O2/c1-21(2)18-16(19(24)23-8-4-5-9-23)14-15-6-10-22(12-13-25-3)11-7-17(15)20-18/h14H,4-13H2,1-3H3. The van der Waals surface area contributed by atoms with Gasteiger partial charge in [-0.1, -0.05) is 0 Å². The number of fused-ring (bicyclic) bond motifs is 1. The molecule has 1 amide bonds. The van der Waals surface area contributed by atoms with E-state index < -0.39 is 0 Å². The molecule has 6 nitrogen and oxygen atoms in total. The summed E-state index contributed by atoms with van der Waals surface area (Å²) in [5.74, 6) is 0.943. The highest BCUT2D eigenvalue weighted by Crippen LogP contribution is 2.25. The summed E-state index contributed by atoms with van der Waals surface area (Å²) in [5, 5.41) is 0. The van der Waals surface area contributed by atoms with E-state index in [1.165, 1.54) is 5.56 Å². The van der Waals surface area contributed by atoms with E-state index in [0.29, 0.717) is 0 Å². The van der Waals surface area contributed by atoms with Crippen LogP contribution in [0, 0.1) is 0 Å². The number of hydrogen-bond acceptors (Lipinski definition) is 5. The summed E-state index contributed by atoms with van der Waals surface area (Å²) in [6.45, 7) is 5.43. The maximum absolute atomic E-state index is 13.0. The van der Waals surface area contributed by atoms with Crippen LogP contribution in [0.25, 0.3) is 0 Å². The second kappa shape index (κ2) is 8.15. The molecule has 1 saturated heterocycles. The SMILES string of the molecule is COCCN1CCc2cc(C(=O)N3CCCC3)c(N(C)C)nc2CC1. The third-order valence-corrected chi connectivity index (χ3v) is 5.19. The molecule has 0 aromatic carbocycles. The molecule has 1 aromatic heterocycles. The van der Waals surface area contributed by atoms with Crippen LogP contribution in [0.1, 0.15) is 34.5 Å². The Morgan fingerprint density at radius 2 is 1.92 bits per heavy atom. The van der Waals surface area contributed by atoms with Crippen molar-refractivity contribution in [2.24, 2.45) is 0 Å². The Hall–Kier alpha value is -1.66. The topological polar surface area (TPSA) is 48.9 Å². The normalized spacial score (nSPS) is 18.1. The van der Waals surface area contributed by atoms with Crippen LogP contribution in [-0.2, 0) is 17.6 Å². The van der Waals surface area contributed by atoms with Crippen molar-refractivity contribution in [1.82, 2.24) is 14.8 Å². The number of anilines is 1. The van der Waals surface area contributed by atoms with Gasteiger partial charge < -0.3 is 19.4 Å². The molecule has 1 aromatic rings. The van der Waals surface area contributed by atoms with Gasteiger partial charge in [0.25, 0.3) is 5.91 Å². The molecule has 0 bridgehead atoms. The predicted octanol–water partition coefficient (Wildman–Crippen LogP) is 1.43. The van der Waals surface area contributed by atoms with Gasteiger partial charge in [-0.15, -0.1) is 0 Å². The van der Waals surface area contributed by atoms with E-state index in [1.54, 1.807) is 7.11 Å². The number of carbonyl (C=O) groups excluding carboxylic acids is 1. The maximum Gasteiger partial charge on any atom is 0.257 e. The van der Waals surface area contributed by atoms with E-state index >= 15 is 0 Å². The van der Waals surface area contributed by atoms with Gasteiger partial charge >= 0.3 is 0 Å². The fourth-order valence-corrected chi connectivity index (χ4v) is 3.70. The summed E-state index contributed by atoms with van der Waals surface area (Å²) in [6, 6.07) is 2.11. The number of ether oxygens (including phenoxy) is 1. The lowest BCUT2D eigenvalue weighted by atomic mass is 10.0. The summed E-state index contributed by atoms with van der Waals surface area (Å²) < 4.78 is 5.21. The van der Waals surface area contributed by atoms with Crippen LogP contribution in [0.15, 0.2) is 6.07 Å².